The molecule has 1 fully saturated rings. The Morgan fingerprint density at radius 3 is 2.62 bits per heavy atom. The predicted molar refractivity (Wildman–Crippen MR) is 91.0 cm³/mol. The number of sulfonamides is 1. The number of carbonyl (C=O) groups is 1. The minimum Gasteiger partial charge on any atom is -0.478 e. The molecule has 3 N–H and O–H groups in total. The van der Waals surface area contributed by atoms with Crippen LogP contribution in [0, 0.1) is 0 Å². The van der Waals surface area contributed by atoms with Crippen LogP contribution < -0.4 is 10.0 Å². The van der Waals surface area contributed by atoms with Crippen molar-refractivity contribution >= 4 is 21.7 Å². The SMILES string of the molecule is COCCNS(=O)(=O)c1ccc(NC2CCCCC2)c(C(=O)O)c1. The highest BCUT2D eigenvalue weighted by Crippen LogP contribution is 2.26. The summed E-state index contributed by atoms with van der Waals surface area (Å²) in [7, 11) is -2.28. The van der Waals surface area contributed by atoms with Gasteiger partial charge in [-0.25, -0.2) is 17.9 Å². The van der Waals surface area contributed by atoms with E-state index in [0.29, 0.717) is 5.69 Å². The smallest absolute Gasteiger partial charge is 0.337 e. The Balaban J connectivity index is 2.20. The molecule has 8 heteroatoms. The largest absolute Gasteiger partial charge is 0.478 e. The Morgan fingerprint density at radius 1 is 1.29 bits per heavy atom. The minimum atomic E-state index is -3.76. The number of methoxy groups -OCH3 is 1. The third-order valence-corrected chi connectivity index (χ3v) is 5.55. The second kappa shape index (κ2) is 8.46. The molecule has 0 spiro atoms. The molecule has 1 aromatic rings. The molecule has 1 aromatic carbocycles. The van der Waals surface area contributed by atoms with E-state index in [1.807, 2.05) is 0 Å². The van der Waals surface area contributed by atoms with E-state index >= 15 is 0 Å². The first kappa shape index (κ1) is 18.7. The van der Waals surface area contributed by atoms with Crippen molar-refractivity contribution in [3.63, 3.8) is 0 Å². The Kier molecular flexibility index (Phi) is 6.59. The highest BCUT2D eigenvalue weighted by Gasteiger charge is 2.21. The highest BCUT2D eigenvalue weighted by atomic mass is 32.2. The lowest BCUT2D eigenvalue weighted by molar-refractivity contribution is 0.0697. The Labute approximate surface area is 142 Å². The van der Waals surface area contributed by atoms with Crippen LogP contribution in [0.4, 0.5) is 5.69 Å². The zero-order chi connectivity index (χ0) is 17.6. The second-order valence-electron chi connectivity index (χ2n) is 5.88. The minimum absolute atomic E-state index is 0.0322. The Morgan fingerprint density at radius 2 is 2.00 bits per heavy atom. The molecule has 0 radical (unpaired) electrons. The van der Waals surface area contributed by atoms with Crippen LogP contribution in [0.5, 0.6) is 0 Å². The number of carboxylic acid groups (broad SMARTS) is 1. The van der Waals surface area contributed by atoms with E-state index in [2.05, 4.69) is 10.0 Å². The molecule has 0 unspecified atom stereocenters. The summed E-state index contributed by atoms with van der Waals surface area (Å²) >= 11 is 0. The quantitative estimate of drug-likeness (QED) is 0.616. The average Bonchev–Trinajstić information content (AvgIpc) is 2.56. The van der Waals surface area contributed by atoms with Crippen molar-refractivity contribution in [2.75, 3.05) is 25.6 Å². The summed E-state index contributed by atoms with van der Waals surface area (Å²) in [5.74, 6) is -1.15. The fourth-order valence-corrected chi connectivity index (χ4v) is 3.86. The van der Waals surface area contributed by atoms with Crippen molar-refractivity contribution in [3.8, 4) is 0 Å². The van der Waals surface area contributed by atoms with Gasteiger partial charge in [-0.15, -0.1) is 0 Å². The highest BCUT2D eigenvalue weighted by molar-refractivity contribution is 7.89. The lowest BCUT2D eigenvalue weighted by Gasteiger charge is -2.24. The van der Waals surface area contributed by atoms with Gasteiger partial charge >= 0.3 is 5.97 Å². The standard InChI is InChI=1S/C16H24N2O5S/c1-23-10-9-17-24(21,22)13-7-8-15(14(11-13)16(19)20)18-12-5-3-2-4-6-12/h7-8,11-12,17-18H,2-6,9-10H2,1H3,(H,19,20). The number of carboxylic acids is 1. The van der Waals surface area contributed by atoms with Gasteiger partial charge in [-0.2, -0.15) is 0 Å². The molecule has 7 nitrogen and oxygen atoms in total. The topological polar surface area (TPSA) is 105 Å². The monoisotopic (exact) mass is 356 g/mol. The van der Waals surface area contributed by atoms with Gasteiger partial charge in [-0.05, 0) is 31.0 Å². The fourth-order valence-electron chi connectivity index (χ4n) is 2.82. The van der Waals surface area contributed by atoms with Crippen molar-refractivity contribution in [2.45, 2.75) is 43.0 Å². The van der Waals surface area contributed by atoms with E-state index in [4.69, 9.17) is 4.74 Å². The molecule has 0 bridgehead atoms. The summed E-state index contributed by atoms with van der Waals surface area (Å²) in [6, 6.07) is 4.39. The Hall–Kier alpha value is -1.64. The molecule has 0 atom stereocenters. The molecule has 1 aliphatic carbocycles. The van der Waals surface area contributed by atoms with Gasteiger partial charge in [0.15, 0.2) is 0 Å². The number of hydrogen-bond acceptors (Lipinski definition) is 5. The van der Waals surface area contributed by atoms with Crippen molar-refractivity contribution in [1.82, 2.24) is 4.72 Å². The van der Waals surface area contributed by atoms with Gasteiger partial charge in [0, 0.05) is 25.4 Å². The van der Waals surface area contributed by atoms with E-state index < -0.39 is 16.0 Å². The molecule has 1 aliphatic rings. The number of hydrogen-bond donors (Lipinski definition) is 3. The van der Waals surface area contributed by atoms with Crippen molar-refractivity contribution < 1.29 is 23.1 Å². The molecule has 1 saturated carbocycles. The van der Waals surface area contributed by atoms with Gasteiger partial charge in [0.05, 0.1) is 17.1 Å². The first-order valence-corrected chi connectivity index (χ1v) is 9.55. The number of aromatic carboxylic acids is 1. The lowest BCUT2D eigenvalue weighted by atomic mass is 9.95. The van der Waals surface area contributed by atoms with E-state index in [9.17, 15) is 18.3 Å². The van der Waals surface area contributed by atoms with E-state index in [0.717, 1.165) is 25.7 Å². The second-order valence-corrected chi connectivity index (χ2v) is 7.65. The molecular formula is C16H24N2O5S. The third kappa shape index (κ3) is 4.93. The molecule has 134 valence electrons. The molecule has 0 amide bonds. The maximum atomic E-state index is 12.2. The van der Waals surface area contributed by atoms with Gasteiger partial charge in [-0.3, -0.25) is 0 Å². The molecule has 0 aliphatic heterocycles. The van der Waals surface area contributed by atoms with Crippen molar-refractivity contribution in [1.29, 1.82) is 0 Å². The van der Waals surface area contributed by atoms with Crippen LogP contribution >= 0.6 is 0 Å². The number of anilines is 1. The molecule has 0 saturated heterocycles. The average molecular weight is 356 g/mol. The summed E-state index contributed by atoms with van der Waals surface area (Å²) in [5.41, 5.74) is 0.431. The zero-order valence-electron chi connectivity index (χ0n) is 13.7. The van der Waals surface area contributed by atoms with Gasteiger partial charge in [0.25, 0.3) is 0 Å². The van der Waals surface area contributed by atoms with E-state index in [1.165, 1.54) is 31.7 Å². The first-order valence-electron chi connectivity index (χ1n) is 8.06. The van der Waals surface area contributed by atoms with E-state index in [1.54, 1.807) is 0 Å². The molecular weight excluding hydrogens is 332 g/mol. The normalized spacial score (nSPS) is 16.0. The summed E-state index contributed by atoms with van der Waals surface area (Å²) in [4.78, 5) is 11.5. The third-order valence-electron chi connectivity index (χ3n) is 4.09. The molecule has 0 heterocycles. The first-order chi connectivity index (χ1) is 11.4. The van der Waals surface area contributed by atoms with Crippen LogP contribution in [-0.4, -0.2) is 45.8 Å². The number of benzene rings is 1. The number of rotatable bonds is 8. The van der Waals surface area contributed by atoms with Gasteiger partial charge in [0.1, 0.15) is 0 Å². The predicted octanol–water partition coefficient (Wildman–Crippen LogP) is 2.05. The lowest BCUT2D eigenvalue weighted by Crippen LogP contribution is -2.28. The summed E-state index contributed by atoms with van der Waals surface area (Å²) in [6.07, 6.45) is 5.44. The van der Waals surface area contributed by atoms with Gasteiger partial charge < -0.3 is 15.2 Å². The Bertz CT molecular complexity index is 669. The van der Waals surface area contributed by atoms with Crippen LogP contribution in [0.25, 0.3) is 0 Å². The zero-order valence-corrected chi connectivity index (χ0v) is 14.6. The molecule has 24 heavy (non-hydrogen) atoms. The number of ether oxygens (including phenoxy) is 1. The molecule has 0 aromatic heterocycles. The summed E-state index contributed by atoms with van der Waals surface area (Å²) < 4.78 is 31.6. The van der Waals surface area contributed by atoms with Gasteiger partial charge in [-0.1, -0.05) is 19.3 Å². The number of nitrogens with one attached hydrogen (secondary N) is 2. The van der Waals surface area contributed by atoms with Crippen molar-refractivity contribution in [3.05, 3.63) is 23.8 Å². The van der Waals surface area contributed by atoms with Crippen molar-refractivity contribution in [2.24, 2.45) is 0 Å². The van der Waals surface area contributed by atoms with Gasteiger partial charge in [0.2, 0.25) is 10.0 Å². The van der Waals surface area contributed by atoms with Crippen LogP contribution in [-0.2, 0) is 14.8 Å². The van der Waals surface area contributed by atoms with E-state index in [-0.39, 0.29) is 29.7 Å². The summed E-state index contributed by atoms with van der Waals surface area (Å²) in [5, 5.41) is 12.7. The molecule has 2 rings (SSSR count). The maximum Gasteiger partial charge on any atom is 0.337 e. The summed E-state index contributed by atoms with van der Waals surface area (Å²) in [6.45, 7) is 0.371. The van der Waals surface area contributed by atoms with Crippen LogP contribution in [0.1, 0.15) is 42.5 Å². The van der Waals surface area contributed by atoms with Crippen LogP contribution in [0.2, 0.25) is 0 Å². The van der Waals surface area contributed by atoms with Crippen LogP contribution in [0.3, 0.4) is 0 Å². The van der Waals surface area contributed by atoms with Crippen LogP contribution in [0.15, 0.2) is 23.1 Å². The maximum absolute atomic E-state index is 12.2. The fraction of sp³-hybridized carbons (Fsp3) is 0.562.